The van der Waals surface area contributed by atoms with Crippen LogP contribution >= 0.6 is 0 Å². The summed E-state index contributed by atoms with van der Waals surface area (Å²) in [5.41, 5.74) is 6.82. The van der Waals surface area contributed by atoms with Crippen molar-refractivity contribution in [1.29, 1.82) is 0 Å². The van der Waals surface area contributed by atoms with Crippen LogP contribution in [-0.4, -0.2) is 19.1 Å². The molecule has 0 atom stereocenters. The van der Waals surface area contributed by atoms with Gasteiger partial charge < -0.3 is 10.5 Å². The molecule has 2 N–H and O–H groups in total. The Bertz CT molecular complexity index is 330. The molecule has 1 rings (SSSR count). The Labute approximate surface area is 89.5 Å². The first-order valence-corrected chi connectivity index (χ1v) is 4.87. The van der Waals surface area contributed by atoms with Gasteiger partial charge in [-0.2, -0.15) is 0 Å². The quantitative estimate of drug-likeness (QED) is 0.589. The molecule has 0 fully saturated rings. The molecule has 0 aliphatic rings. The highest BCUT2D eigenvalue weighted by atomic mass is 16.5. The largest absolute Gasteiger partial charge is 0.462 e. The molecule has 0 saturated heterocycles. The fraction of sp³-hybridized carbons (Fsp3) is 0.250. The zero-order valence-corrected chi connectivity index (χ0v) is 8.61. The highest BCUT2D eigenvalue weighted by Gasteiger charge is 2.05. The molecule has 0 aliphatic carbocycles. The number of carbonyl (C=O) groups excluding carboxylic acids is 1. The highest BCUT2D eigenvalue weighted by molar-refractivity contribution is 5.89. The molecule has 0 aromatic heterocycles. The molecule has 0 radical (unpaired) electrons. The van der Waals surface area contributed by atoms with Gasteiger partial charge in [-0.05, 0) is 30.7 Å². The van der Waals surface area contributed by atoms with Crippen LogP contribution in [0.1, 0.15) is 22.3 Å². The summed E-state index contributed by atoms with van der Waals surface area (Å²) in [7, 11) is 0. The van der Waals surface area contributed by atoms with Gasteiger partial charge in [0.05, 0.1) is 12.2 Å². The number of nitrogens with two attached hydrogens (primary N) is 1. The fourth-order valence-corrected chi connectivity index (χ4v) is 1.09. The Morgan fingerprint density at radius 3 is 2.60 bits per heavy atom. The standard InChI is InChI=1S/C12H15NO2/c1-2-10-4-6-11(7-5-10)12(14)15-9-3-8-13/h2,4-7H,1,3,8-9,13H2. The third kappa shape index (κ3) is 3.56. The molecular formula is C12H15NO2. The summed E-state index contributed by atoms with van der Waals surface area (Å²) in [6.07, 6.45) is 2.42. The van der Waals surface area contributed by atoms with Crippen LogP contribution in [0.5, 0.6) is 0 Å². The summed E-state index contributed by atoms with van der Waals surface area (Å²) in [5, 5.41) is 0. The van der Waals surface area contributed by atoms with E-state index < -0.39 is 0 Å². The van der Waals surface area contributed by atoms with E-state index in [2.05, 4.69) is 6.58 Å². The van der Waals surface area contributed by atoms with Crippen molar-refractivity contribution in [1.82, 2.24) is 0 Å². The number of hydrogen-bond donors (Lipinski definition) is 1. The van der Waals surface area contributed by atoms with Crippen LogP contribution in [0.4, 0.5) is 0 Å². The lowest BCUT2D eigenvalue weighted by atomic mass is 10.1. The molecule has 0 aliphatic heterocycles. The van der Waals surface area contributed by atoms with Crippen molar-refractivity contribution in [3.63, 3.8) is 0 Å². The van der Waals surface area contributed by atoms with Crippen LogP contribution in [0.2, 0.25) is 0 Å². The van der Waals surface area contributed by atoms with Gasteiger partial charge in [0.1, 0.15) is 0 Å². The zero-order valence-electron chi connectivity index (χ0n) is 8.61. The first kappa shape index (κ1) is 11.5. The molecule has 1 aromatic carbocycles. The second-order valence-corrected chi connectivity index (χ2v) is 3.10. The van der Waals surface area contributed by atoms with Gasteiger partial charge in [-0.25, -0.2) is 4.79 Å². The topological polar surface area (TPSA) is 52.3 Å². The van der Waals surface area contributed by atoms with E-state index in [1.807, 2.05) is 12.1 Å². The summed E-state index contributed by atoms with van der Waals surface area (Å²) < 4.78 is 5.00. The van der Waals surface area contributed by atoms with Crippen LogP contribution in [0.15, 0.2) is 30.8 Å². The predicted octanol–water partition coefficient (Wildman–Crippen LogP) is 1.84. The minimum absolute atomic E-state index is 0.306. The first-order valence-electron chi connectivity index (χ1n) is 4.87. The molecule has 0 unspecified atom stereocenters. The first-order chi connectivity index (χ1) is 7.27. The van der Waals surface area contributed by atoms with Crippen LogP contribution in [0.3, 0.4) is 0 Å². The smallest absolute Gasteiger partial charge is 0.338 e. The lowest BCUT2D eigenvalue weighted by Gasteiger charge is -2.03. The Hall–Kier alpha value is -1.61. The van der Waals surface area contributed by atoms with E-state index in [1.54, 1.807) is 18.2 Å². The lowest BCUT2D eigenvalue weighted by molar-refractivity contribution is 0.0503. The van der Waals surface area contributed by atoms with Crippen molar-refractivity contribution in [3.05, 3.63) is 42.0 Å². The molecule has 3 heteroatoms. The number of hydrogen-bond acceptors (Lipinski definition) is 3. The van der Waals surface area contributed by atoms with Crippen LogP contribution < -0.4 is 5.73 Å². The molecule has 0 bridgehead atoms. The van der Waals surface area contributed by atoms with Crippen molar-refractivity contribution >= 4 is 12.0 Å². The molecule has 80 valence electrons. The second kappa shape index (κ2) is 5.98. The SMILES string of the molecule is C=Cc1ccc(C(=O)OCCCN)cc1. The maximum Gasteiger partial charge on any atom is 0.338 e. The van der Waals surface area contributed by atoms with Gasteiger partial charge in [0.25, 0.3) is 0 Å². The van der Waals surface area contributed by atoms with Crippen molar-refractivity contribution in [3.8, 4) is 0 Å². The summed E-state index contributed by atoms with van der Waals surface area (Å²) in [5.74, 6) is -0.306. The van der Waals surface area contributed by atoms with Crippen LogP contribution in [0, 0.1) is 0 Å². The Morgan fingerprint density at radius 2 is 2.07 bits per heavy atom. The second-order valence-electron chi connectivity index (χ2n) is 3.10. The molecule has 15 heavy (non-hydrogen) atoms. The van der Waals surface area contributed by atoms with E-state index in [0.717, 1.165) is 5.56 Å². The number of esters is 1. The maximum atomic E-state index is 11.4. The minimum atomic E-state index is -0.306. The molecule has 0 saturated carbocycles. The molecule has 1 aromatic rings. The number of benzene rings is 1. The van der Waals surface area contributed by atoms with Gasteiger partial charge in [0.15, 0.2) is 0 Å². The van der Waals surface area contributed by atoms with Crippen LogP contribution in [-0.2, 0) is 4.74 Å². The Kier molecular flexibility index (Phi) is 4.57. The number of rotatable bonds is 5. The van der Waals surface area contributed by atoms with E-state index in [1.165, 1.54) is 0 Å². The summed E-state index contributed by atoms with van der Waals surface area (Å²) >= 11 is 0. The normalized spacial score (nSPS) is 9.67. The van der Waals surface area contributed by atoms with E-state index >= 15 is 0 Å². The van der Waals surface area contributed by atoms with Crippen molar-refractivity contribution in [2.24, 2.45) is 5.73 Å². The maximum absolute atomic E-state index is 11.4. The van der Waals surface area contributed by atoms with Gasteiger partial charge in [-0.1, -0.05) is 24.8 Å². The van der Waals surface area contributed by atoms with Crippen molar-refractivity contribution in [2.75, 3.05) is 13.2 Å². The van der Waals surface area contributed by atoms with Crippen LogP contribution in [0.25, 0.3) is 6.08 Å². The van der Waals surface area contributed by atoms with E-state index in [0.29, 0.717) is 25.1 Å². The van der Waals surface area contributed by atoms with E-state index in [-0.39, 0.29) is 5.97 Å². The van der Waals surface area contributed by atoms with Gasteiger partial charge in [0, 0.05) is 0 Å². The van der Waals surface area contributed by atoms with Gasteiger partial charge in [-0.15, -0.1) is 0 Å². The lowest BCUT2D eigenvalue weighted by Crippen LogP contribution is -2.09. The zero-order chi connectivity index (χ0) is 11.1. The third-order valence-electron chi connectivity index (χ3n) is 1.96. The number of ether oxygens (including phenoxy) is 1. The average molecular weight is 205 g/mol. The number of carbonyl (C=O) groups is 1. The summed E-state index contributed by atoms with van der Waals surface area (Å²) in [4.78, 5) is 11.4. The Morgan fingerprint density at radius 1 is 1.40 bits per heavy atom. The molecule has 0 amide bonds. The molecular weight excluding hydrogens is 190 g/mol. The summed E-state index contributed by atoms with van der Waals surface area (Å²) in [6.45, 7) is 4.54. The Balaban J connectivity index is 2.54. The molecule has 3 nitrogen and oxygen atoms in total. The van der Waals surface area contributed by atoms with Gasteiger partial charge in [-0.3, -0.25) is 0 Å². The summed E-state index contributed by atoms with van der Waals surface area (Å²) in [6, 6.07) is 7.10. The third-order valence-corrected chi connectivity index (χ3v) is 1.96. The van der Waals surface area contributed by atoms with E-state index in [9.17, 15) is 4.79 Å². The predicted molar refractivity (Wildman–Crippen MR) is 60.5 cm³/mol. The highest BCUT2D eigenvalue weighted by Crippen LogP contribution is 2.06. The minimum Gasteiger partial charge on any atom is -0.462 e. The van der Waals surface area contributed by atoms with Gasteiger partial charge in [0.2, 0.25) is 0 Å². The fourth-order valence-electron chi connectivity index (χ4n) is 1.09. The monoisotopic (exact) mass is 205 g/mol. The average Bonchev–Trinajstić information content (AvgIpc) is 2.29. The molecule has 0 heterocycles. The van der Waals surface area contributed by atoms with Crippen molar-refractivity contribution < 1.29 is 9.53 Å². The molecule has 0 spiro atoms. The van der Waals surface area contributed by atoms with Crippen molar-refractivity contribution in [2.45, 2.75) is 6.42 Å². The van der Waals surface area contributed by atoms with E-state index in [4.69, 9.17) is 10.5 Å². The van der Waals surface area contributed by atoms with Gasteiger partial charge >= 0.3 is 5.97 Å².